The van der Waals surface area contributed by atoms with Crippen LogP contribution in [0.3, 0.4) is 0 Å². The SMILES string of the molecule is COc1cc(C=CC(=O)OCC2OC(OC3(CO)OC(CO)C(OC(=O)C=Cc4cc(OC)c(O)c(OC)c4)C3OC(=O)C=Cc3cc(OC)c(OC)c(OC)c3)C(OC3OC(CO)C(OC4OC(CO)C(O)C(O)C4O)C(O)C3O)C(O)C2O)cc(OC)c1O. The van der Waals surface area contributed by atoms with E-state index in [4.69, 9.17) is 80.5 Å². The Bertz CT molecular complexity index is 2950. The second-order valence-electron chi connectivity index (χ2n) is 20.5. The van der Waals surface area contributed by atoms with Crippen molar-refractivity contribution in [2.45, 2.75) is 116 Å². The molecule has 4 aliphatic heterocycles. The number of hydrogen-bond acceptors (Lipinski definition) is 33. The van der Waals surface area contributed by atoms with Crippen molar-refractivity contribution in [3.05, 3.63) is 71.3 Å². The third-order valence-corrected chi connectivity index (χ3v) is 14.9. The van der Waals surface area contributed by atoms with Gasteiger partial charge in [-0.3, -0.25) is 0 Å². The smallest absolute Gasteiger partial charge is 0.331 e. The number of ether oxygens (including phenoxy) is 17. The fraction of sp³-hybridized carbons (Fsp3) is 0.534. The molecular formula is C58H74O33. The van der Waals surface area contributed by atoms with Crippen molar-refractivity contribution >= 4 is 36.1 Å². The highest BCUT2D eigenvalue weighted by atomic mass is 16.8. The molecule has 4 fully saturated rings. The Kier molecular flexibility index (Phi) is 24.9. The third-order valence-electron chi connectivity index (χ3n) is 14.9. The number of aromatic hydroxyl groups is 2. The maximum Gasteiger partial charge on any atom is 0.331 e. The van der Waals surface area contributed by atoms with E-state index in [0.29, 0.717) is 0 Å². The molecule has 0 radical (unpaired) electrons. The number of aliphatic hydroxyl groups excluding tert-OH is 11. The zero-order chi connectivity index (χ0) is 66.6. The molecule has 13 N–H and O–H groups in total. The van der Waals surface area contributed by atoms with E-state index in [1.807, 2.05) is 0 Å². The van der Waals surface area contributed by atoms with E-state index in [0.717, 1.165) is 18.2 Å². The predicted molar refractivity (Wildman–Crippen MR) is 301 cm³/mol. The molecule has 33 nitrogen and oxygen atoms in total. The number of methoxy groups -OCH3 is 7. The lowest BCUT2D eigenvalue weighted by molar-refractivity contribution is -0.412. The maximum atomic E-state index is 14.2. The fourth-order valence-electron chi connectivity index (χ4n) is 10.1. The normalized spacial score (nSPS) is 31.7. The Morgan fingerprint density at radius 2 is 0.857 bits per heavy atom. The molecule has 19 atom stereocenters. The summed E-state index contributed by atoms with van der Waals surface area (Å²) < 4.78 is 95.5. The summed E-state index contributed by atoms with van der Waals surface area (Å²) in [7, 11) is 9.12. The topological polar surface area (TPSA) is 471 Å². The van der Waals surface area contributed by atoms with Gasteiger partial charge in [0.05, 0.1) is 69.6 Å². The lowest BCUT2D eigenvalue weighted by atomic mass is 9.96. The van der Waals surface area contributed by atoms with E-state index in [1.165, 1.54) is 104 Å². The number of benzene rings is 3. The van der Waals surface area contributed by atoms with Crippen LogP contribution in [0.2, 0.25) is 0 Å². The van der Waals surface area contributed by atoms with E-state index < -0.39 is 167 Å². The summed E-state index contributed by atoms with van der Waals surface area (Å²) in [6.45, 7) is -5.44. The van der Waals surface area contributed by atoms with Crippen molar-refractivity contribution in [3.8, 4) is 51.7 Å². The van der Waals surface area contributed by atoms with Gasteiger partial charge >= 0.3 is 17.9 Å². The molecule has 0 bridgehead atoms. The lowest BCUT2D eigenvalue weighted by Crippen LogP contribution is -2.67. The monoisotopic (exact) mass is 1300 g/mol. The first-order chi connectivity index (χ1) is 43.5. The molecule has 3 aromatic rings. The molecule has 0 amide bonds. The summed E-state index contributed by atoms with van der Waals surface area (Å²) in [5.74, 6) is -6.84. The number of aliphatic hydroxyl groups is 11. The second kappa shape index (κ2) is 31.9. The van der Waals surface area contributed by atoms with Crippen LogP contribution in [0.5, 0.6) is 51.7 Å². The maximum absolute atomic E-state index is 14.2. The second-order valence-corrected chi connectivity index (χ2v) is 20.5. The van der Waals surface area contributed by atoms with Gasteiger partial charge in [-0.2, -0.15) is 0 Å². The van der Waals surface area contributed by atoms with Crippen LogP contribution in [-0.2, 0) is 61.8 Å². The van der Waals surface area contributed by atoms with Crippen LogP contribution in [0.1, 0.15) is 16.7 Å². The average molecular weight is 1300 g/mol. The summed E-state index contributed by atoms with van der Waals surface area (Å²) in [5, 5.41) is 142. The average Bonchev–Trinajstić information content (AvgIpc) is 1.73. The van der Waals surface area contributed by atoms with Crippen molar-refractivity contribution in [1.82, 2.24) is 0 Å². The van der Waals surface area contributed by atoms with Crippen LogP contribution in [0.4, 0.5) is 0 Å². The summed E-state index contributed by atoms with van der Waals surface area (Å²) in [5.41, 5.74) is 0.753. The van der Waals surface area contributed by atoms with Gasteiger partial charge in [0.1, 0.15) is 92.6 Å². The van der Waals surface area contributed by atoms with E-state index in [9.17, 15) is 80.8 Å². The minimum absolute atomic E-state index is 0.0207. The first-order valence-electron chi connectivity index (χ1n) is 27.7. The number of carbonyl (C=O) groups is 3. The largest absolute Gasteiger partial charge is 0.502 e. The predicted octanol–water partition coefficient (Wildman–Crippen LogP) is -3.48. The highest BCUT2D eigenvalue weighted by molar-refractivity contribution is 5.89. The summed E-state index contributed by atoms with van der Waals surface area (Å²) in [6.07, 6.45) is -30.4. The van der Waals surface area contributed by atoms with Gasteiger partial charge in [-0.15, -0.1) is 0 Å². The van der Waals surface area contributed by atoms with Gasteiger partial charge in [-0.1, -0.05) is 0 Å². The molecule has 4 saturated heterocycles. The Balaban J connectivity index is 1.25. The molecule has 0 aliphatic carbocycles. The quantitative estimate of drug-likeness (QED) is 0.0200. The molecule has 33 heteroatoms. The summed E-state index contributed by atoms with van der Waals surface area (Å²) >= 11 is 0. The first kappa shape index (κ1) is 71.2. The Morgan fingerprint density at radius 3 is 1.32 bits per heavy atom. The van der Waals surface area contributed by atoms with Crippen LogP contribution >= 0.6 is 0 Å². The number of esters is 3. The van der Waals surface area contributed by atoms with Crippen LogP contribution in [0, 0.1) is 0 Å². The van der Waals surface area contributed by atoms with E-state index in [2.05, 4.69) is 0 Å². The molecule has 4 aliphatic rings. The molecule has 7 rings (SSSR count). The number of carbonyl (C=O) groups excluding carboxylic acids is 3. The van der Waals surface area contributed by atoms with Gasteiger partial charge < -0.3 is 147 Å². The highest BCUT2D eigenvalue weighted by Crippen LogP contribution is 2.44. The minimum Gasteiger partial charge on any atom is -0.502 e. The van der Waals surface area contributed by atoms with Gasteiger partial charge in [0, 0.05) is 18.2 Å². The number of phenols is 2. The minimum atomic E-state index is -2.94. The van der Waals surface area contributed by atoms with Crippen molar-refractivity contribution in [1.29, 1.82) is 0 Å². The van der Waals surface area contributed by atoms with Crippen molar-refractivity contribution < 1.29 is 161 Å². The zero-order valence-corrected chi connectivity index (χ0v) is 49.8. The molecule has 3 aromatic carbocycles. The van der Waals surface area contributed by atoms with Crippen molar-refractivity contribution in [2.75, 3.05) is 82.8 Å². The van der Waals surface area contributed by atoms with Crippen LogP contribution in [0.25, 0.3) is 18.2 Å². The summed E-state index contributed by atoms with van der Waals surface area (Å²) in [6, 6.07) is 8.28. The molecule has 504 valence electrons. The number of phenolic OH excluding ortho intramolecular Hbond substituents is 2. The standard InChI is InChI=1S/C58H74O33/c1-75-28-14-25(15-29(76-2)41(28)66)8-11-38(63)82-23-37-44(69)46(71)53(89-56-49(74)47(72)51(35(21-60)84-56)88-55-48(73)45(70)43(68)34(20-59)83-55)57(85-37)91-58(24-62)54(87-40(65)13-10-27-18-32(79-5)50(81-7)33(19-27)80-6)52(36(22-61)90-58)86-39(64)12-9-26-16-30(77-3)42(67)31(17-26)78-4/h8-19,34-37,43-49,51-57,59-62,66-74H,20-24H2,1-7H3. The van der Waals surface area contributed by atoms with Gasteiger partial charge in [-0.05, 0) is 71.3 Å². The van der Waals surface area contributed by atoms with Crippen LogP contribution in [-0.4, -0.2) is 283 Å². The Hall–Kier alpha value is -7.23. The van der Waals surface area contributed by atoms with Crippen LogP contribution < -0.4 is 33.2 Å². The molecule has 19 unspecified atom stereocenters. The Morgan fingerprint density at radius 1 is 0.451 bits per heavy atom. The molecule has 91 heavy (non-hydrogen) atoms. The molecular weight excluding hydrogens is 1220 g/mol. The summed E-state index contributed by atoms with van der Waals surface area (Å²) in [4.78, 5) is 41.4. The van der Waals surface area contributed by atoms with Gasteiger partial charge in [0.15, 0.2) is 65.6 Å². The van der Waals surface area contributed by atoms with Gasteiger partial charge in [-0.25, -0.2) is 14.4 Å². The van der Waals surface area contributed by atoms with E-state index in [1.54, 1.807) is 0 Å². The van der Waals surface area contributed by atoms with Gasteiger partial charge in [0.2, 0.25) is 23.0 Å². The number of hydrogen-bond donors (Lipinski definition) is 13. The van der Waals surface area contributed by atoms with Crippen molar-refractivity contribution in [3.63, 3.8) is 0 Å². The van der Waals surface area contributed by atoms with Crippen molar-refractivity contribution in [2.24, 2.45) is 0 Å². The van der Waals surface area contributed by atoms with Gasteiger partial charge in [0.25, 0.3) is 0 Å². The number of rotatable bonds is 27. The molecule has 4 heterocycles. The highest BCUT2D eigenvalue weighted by Gasteiger charge is 2.64. The molecule has 0 saturated carbocycles. The zero-order valence-electron chi connectivity index (χ0n) is 49.8. The molecule has 0 spiro atoms. The lowest BCUT2D eigenvalue weighted by Gasteiger charge is -2.49. The Labute approximate surface area is 518 Å². The molecule has 0 aromatic heterocycles. The van der Waals surface area contributed by atoms with E-state index >= 15 is 0 Å². The fourth-order valence-corrected chi connectivity index (χ4v) is 10.1. The first-order valence-corrected chi connectivity index (χ1v) is 27.7. The third kappa shape index (κ3) is 16.0. The van der Waals surface area contributed by atoms with Crippen LogP contribution in [0.15, 0.2) is 54.6 Å². The van der Waals surface area contributed by atoms with E-state index in [-0.39, 0.29) is 68.4 Å².